The number of fused-ring (bicyclic) bond motifs is 2. The number of carbonyl (C=O) groups is 1. The first kappa shape index (κ1) is 19.4. The molecule has 2 bridgehead atoms. The van der Waals surface area contributed by atoms with Crippen LogP contribution in [0.25, 0.3) is 0 Å². The number of hydrogen-bond donors (Lipinski definition) is 1. The second-order valence-corrected chi connectivity index (χ2v) is 9.69. The zero-order valence-electron chi connectivity index (χ0n) is 17.2. The molecule has 0 aromatic rings. The number of esters is 1. The molecule has 1 N–H and O–H groups in total. The van der Waals surface area contributed by atoms with Crippen molar-refractivity contribution in [3.05, 3.63) is 11.6 Å². The summed E-state index contributed by atoms with van der Waals surface area (Å²) in [5, 5.41) is 10.6. The number of aliphatic hydroxyl groups is 1. The molecule has 3 fully saturated rings. The Balaban J connectivity index is 1.82. The van der Waals surface area contributed by atoms with Crippen LogP contribution in [0.15, 0.2) is 11.6 Å². The third kappa shape index (κ3) is 3.16. The maximum atomic E-state index is 11.9. The minimum Gasteiger partial charge on any atom is -0.462 e. The molecule has 3 aliphatic heterocycles. The molecule has 10 atom stereocenters. The van der Waals surface area contributed by atoms with Gasteiger partial charge in [-0.3, -0.25) is 4.79 Å². The molecule has 0 aromatic carbocycles. The molecule has 4 rings (SSSR count). The van der Waals surface area contributed by atoms with E-state index in [4.69, 9.17) is 14.2 Å². The lowest BCUT2D eigenvalue weighted by atomic mass is 9.59. The fourth-order valence-corrected chi connectivity index (χ4v) is 6.25. The Labute approximate surface area is 162 Å². The molecule has 1 unspecified atom stereocenters. The summed E-state index contributed by atoms with van der Waals surface area (Å²) in [5.41, 5.74) is 0.536. The van der Waals surface area contributed by atoms with Crippen molar-refractivity contribution in [3.8, 4) is 0 Å². The first-order valence-electron chi connectivity index (χ1n) is 10.5. The quantitative estimate of drug-likeness (QED) is 0.561. The van der Waals surface area contributed by atoms with E-state index in [0.29, 0.717) is 30.1 Å². The van der Waals surface area contributed by atoms with E-state index in [1.807, 2.05) is 6.92 Å². The number of ether oxygens (including phenoxy) is 3. The van der Waals surface area contributed by atoms with Gasteiger partial charge < -0.3 is 19.3 Å². The highest BCUT2D eigenvalue weighted by atomic mass is 16.6. The smallest absolute Gasteiger partial charge is 0.302 e. The summed E-state index contributed by atoms with van der Waals surface area (Å²) in [7, 11) is 0. The molecular formula is C22H34O5. The summed E-state index contributed by atoms with van der Waals surface area (Å²) in [6.45, 7) is 10.8. The summed E-state index contributed by atoms with van der Waals surface area (Å²) in [4.78, 5) is 11.9. The third-order valence-corrected chi connectivity index (χ3v) is 7.73. The van der Waals surface area contributed by atoms with Crippen LogP contribution in [0.4, 0.5) is 0 Å². The minimum absolute atomic E-state index is 0.0256. The van der Waals surface area contributed by atoms with Crippen LogP contribution in [0.1, 0.15) is 53.9 Å². The van der Waals surface area contributed by atoms with Crippen LogP contribution in [-0.2, 0) is 19.0 Å². The molecular weight excluding hydrogens is 344 g/mol. The predicted molar refractivity (Wildman–Crippen MR) is 101 cm³/mol. The highest BCUT2D eigenvalue weighted by molar-refractivity contribution is 5.66. The summed E-state index contributed by atoms with van der Waals surface area (Å²) >= 11 is 0. The van der Waals surface area contributed by atoms with Gasteiger partial charge in [0.25, 0.3) is 0 Å². The molecule has 0 amide bonds. The monoisotopic (exact) mass is 378 g/mol. The topological polar surface area (TPSA) is 65.0 Å². The van der Waals surface area contributed by atoms with E-state index in [1.165, 1.54) is 6.92 Å². The molecule has 0 spiro atoms. The van der Waals surface area contributed by atoms with E-state index in [9.17, 15) is 9.90 Å². The molecule has 2 saturated heterocycles. The SMILES string of the molecule is CC(=O)O[C@H]1[C@@H]2[C@@H]3C(C[C@H]1C)[C@@H](C)CO[C@@]1(C)CC[C@H](O)/C(C)=C\[C@@H]2O[C@@H]31. The van der Waals surface area contributed by atoms with Gasteiger partial charge in [0.1, 0.15) is 6.10 Å². The molecule has 1 saturated carbocycles. The van der Waals surface area contributed by atoms with Crippen LogP contribution < -0.4 is 0 Å². The fourth-order valence-electron chi connectivity index (χ4n) is 6.25. The molecule has 152 valence electrons. The molecule has 5 heteroatoms. The Hall–Kier alpha value is -0.910. The second-order valence-electron chi connectivity index (χ2n) is 9.69. The highest BCUT2D eigenvalue weighted by Crippen LogP contribution is 2.57. The Morgan fingerprint density at radius 3 is 2.74 bits per heavy atom. The number of carbonyl (C=O) groups excluding carboxylic acids is 1. The van der Waals surface area contributed by atoms with Gasteiger partial charge in [0, 0.05) is 18.8 Å². The second kappa shape index (κ2) is 6.85. The molecule has 0 aromatic heterocycles. The number of hydrogen-bond acceptors (Lipinski definition) is 5. The maximum Gasteiger partial charge on any atom is 0.302 e. The maximum absolute atomic E-state index is 11.9. The van der Waals surface area contributed by atoms with Crippen molar-refractivity contribution in [2.24, 2.45) is 29.6 Å². The van der Waals surface area contributed by atoms with Gasteiger partial charge >= 0.3 is 5.97 Å². The van der Waals surface area contributed by atoms with Gasteiger partial charge in [-0.1, -0.05) is 19.9 Å². The van der Waals surface area contributed by atoms with Crippen LogP contribution in [0.2, 0.25) is 0 Å². The van der Waals surface area contributed by atoms with E-state index in [2.05, 4.69) is 26.8 Å². The standard InChI is InChI=1S/C22H34O5/c1-11-9-17-19-18-15(8-12(2)20(19)26-14(4)23)13(3)10-25-22(5,21(18)27-17)7-6-16(11)24/h9,12-13,15-21,24H,6-8,10H2,1-5H3/b11-9-/t12-,13+,15?,16+,17+,18+,19+,20-,21+,22+/m1/s1. The number of rotatable bonds is 1. The zero-order valence-corrected chi connectivity index (χ0v) is 17.2. The number of aliphatic hydroxyl groups excluding tert-OH is 1. The Morgan fingerprint density at radius 1 is 1.30 bits per heavy atom. The minimum atomic E-state index is -0.475. The van der Waals surface area contributed by atoms with Gasteiger partial charge in [-0.15, -0.1) is 0 Å². The van der Waals surface area contributed by atoms with Crippen LogP contribution in [0.5, 0.6) is 0 Å². The van der Waals surface area contributed by atoms with Crippen LogP contribution in [-0.4, -0.2) is 47.7 Å². The van der Waals surface area contributed by atoms with Gasteiger partial charge in [0.2, 0.25) is 0 Å². The van der Waals surface area contributed by atoms with Crippen molar-refractivity contribution < 1.29 is 24.1 Å². The van der Waals surface area contributed by atoms with Crippen LogP contribution >= 0.6 is 0 Å². The molecule has 4 aliphatic rings. The lowest BCUT2D eigenvalue weighted by molar-refractivity contribution is -0.159. The van der Waals surface area contributed by atoms with Crippen LogP contribution in [0.3, 0.4) is 0 Å². The molecule has 27 heavy (non-hydrogen) atoms. The van der Waals surface area contributed by atoms with E-state index >= 15 is 0 Å². The van der Waals surface area contributed by atoms with Gasteiger partial charge in [-0.05, 0) is 56.4 Å². The van der Waals surface area contributed by atoms with Crippen molar-refractivity contribution in [3.63, 3.8) is 0 Å². The first-order valence-corrected chi connectivity index (χ1v) is 10.5. The fraction of sp³-hybridized carbons (Fsp3) is 0.864. The van der Waals surface area contributed by atoms with Crippen molar-refractivity contribution in [2.75, 3.05) is 6.61 Å². The highest BCUT2D eigenvalue weighted by Gasteiger charge is 2.62. The lowest BCUT2D eigenvalue weighted by Gasteiger charge is -2.46. The summed E-state index contributed by atoms with van der Waals surface area (Å²) < 4.78 is 19.0. The zero-order chi connectivity index (χ0) is 19.5. The Kier molecular flexibility index (Phi) is 4.93. The van der Waals surface area contributed by atoms with Gasteiger partial charge in [-0.25, -0.2) is 0 Å². The molecule has 0 radical (unpaired) electrons. The first-order chi connectivity index (χ1) is 12.7. The van der Waals surface area contributed by atoms with E-state index in [-0.39, 0.29) is 30.2 Å². The van der Waals surface area contributed by atoms with Gasteiger partial charge in [0.05, 0.1) is 30.5 Å². The largest absolute Gasteiger partial charge is 0.462 e. The summed E-state index contributed by atoms with van der Waals surface area (Å²) in [5.74, 6) is 1.46. The van der Waals surface area contributed by atoms with E-state index in [1.54, 1.807) is 0 Å². The molecule has 5 nitrogen and oxygen atoms in total. The third-order valence-electron chi connectivity index (χ3n) is 7.73. The Morgan fingerprint density at radius 2 is 2.04 bits per heavy atom. The average molecular weight is 379 g/mol. The van der Waals surface area contributed by atoms with Crippen molar-refractivity contribution in [1.82, 2.24) is 0 Å². The summed E-state index contributed by atoms with van der Waals surface area (Å²) in [6, 6.07) is 0. The van der Waals surface area contributed by atoms with Crippen molar-refractivity contribution in [1.29, 1.82) is 0 Å². The molecule has 3 heterocycles. The van der Waals surface area contributed by atoms with Crippen LogP contribution in [0, 0.1) is 29.6 Å². The van der Waals surface area contributed by atoms with Crippen molar-refractivity contribution in [2.45, 2.75) is 83.9 Å². The normalized spacial score (nSPS) is 54.0. The lowest BCUT2D eigenvalue weighted by Crippen LogP contribution is -2.52. The van der Waals surface area contributed by atoms with E-state index in [0.717, 1.165) is 25.0 Å². The molecule has 1 aliphatic carbocycles. The van der Waals surface area contributed by atoms with Crippen molar-refractivity contribution >= 4 is 5.97 Å². The van der Waals surface area contributed by atoms with E-state index < -0.39 is 11.7 Å². The van der Waals surface area contributed by atoms with Gasteiger partial charge in [0.15, 0.2) is 0 Å². The Bertz CT molecular complexity index is 630. The van der Waals surface area contributed by atoms with Gasteiger partial charge in [-0.2, -0.15) is 0 Å². The predicted octanol–water partition coefficient (Wildman–Crippen LogP) is 3.10. The average Bonchev–Trinajstić information content (AvgIpc) is 2.95. The summed E-state index contributed by atoms with van der Waals surface area (Å²) in [6.07, 6.45) is 3.80.